The molecule has 9 atom stereocenters. The molecule has 1 aliphatic heterocycles. The number of carboxylic acids is 1. The van der Waals surface area contributed by atoms with Gasteiger partial charge in [0.1, 0.15) is 11.7 Å². The summed E-state index contributed by atoms with van der Waals surface area (Å²) in [6, 6.07) is 0. The van der Waals surface area contributed by atoms with Gasteiger partial charge in [-0.05, 0) is 49.4 Å². The second-order valence-electron chi connectivity index (χ2n) is 9.74. The summed E-state index contributed by atoms with van der Waals surface area (Å²) in [5, 5.41) is 42.6. The molecule has 3 rings (SSSR count). The second kappa shape index (κ2) is 8.15. The number of rotatable bonds is 6. The lowest BCUT2D eigenvalue weighted by molar-refractivity contribution is -0.222. The van der Waals surface area contributed by atoms with Crippen LogP contribution in [0, 0.1) is 22.7 Å². The topological polar surface area (TPSA) is 126 Å². The van der Waals surface area contributed by atoms with Crippen LogP contribution in [0.5, 0.6) is 0 Å². The van der Waals surface area contributed by atoms with Crippen LogP contribution in [0.4, 0.5) is 0 Å². The van der Waals surface area contributed by atoms with Gasteiger partial charge in [-0.15, -0.1) is 0 Å². The molecule has 8 heteroatoms. The summed E-state index contributed by atoms with van der Waals surface area (Å²) in [7, 11) is 2.80. The number of fused-ring (bicyclic) bond motifs is 1. The predicted molar refractivity (Wildman–Crippen MR) is 107 cm³/mol. The van der Waals surface area contributed by atoms with Gasteiger partial charge in [-0.25, -0.2) is 4.79 Å². The second-order valence-corrected chi connectivity index (χ2v) is 9.74. The average molecular weight is 429 g/mol. The molecule has 0 aromatic rings. The molecule has 30 heavy (non-hydrogen) atoms. The molecule has 1 saturated carbocycles. The highest BCUT2D eigenvalue weighted by atomic mass is 16.8. The van der Waals surface area contributed by atoms with Gasteiger partial charge < -0.3 is 34.6 Å². The number of carboxylic acid groups (broad SMARTS) is 1. The highest BCUT2D eigenvalue weighted by Crippen LogP contribution is 2.62. The van der Waals surface area contributed by atoms with Gasteiger partial charge >= 0.3 is 5.97 Å². The average Bonchev–Trinajstić information content (AvgIpc) is 2.95. The Morgan fingerprint density at radius 2 is 1.90 bits per heavy atom. The standard InChI is InChI=1S/C22H36O8/c1-12-11-15(23)21(3)13(17(25)26)7-6-8-14(21)20(12,2)9-10-22(27)16(24)18(28-4)30-19(22)29-5/h7,12,14-16,18-19,23-24,27H,6,8-11H2,1-5H3,(H,25,26)/t12-,14?,15+,16-,18-,19+,20+,21+,22?/m1/s1. The Hall–Kier alpha value is -1.03. The summed E-state index contributed by atoms with van der Waals surface area (Å²) in [6.45, 7) is 6.03. The van der Waals surface area contributed by atoms with E-state index in [-0.39, 0.29) is 29.2 Å². The minimum Gasteiger partial charge on any atom is -0.478 e. The zero-order chi connectivity index (χ0) is 22.5. The molecule has 1 saturated heterocycles. The van der Waals surface area contributed by atoms with E-state index in [9.17, 15) is 25.2 Å². The Morgan fingerprint density at radius 3 is 2.47 bits per heavy atom. The first kappa shape index (κ1) is 23.6. The molecule has 1 heterocycles. The van der Waals surface area contributed by atoms with Crippen LogP contribution in [-0.2, 0) is 19.0 Å². The highest BCUT2D eigenvalue weighted by Gasteiger charge is 2.61. The molecule has 0 aromatic heterocycles. The zero-order valence-corrected chi connectivity index (χ0v) is 18.5. The van der Waals surface area contributed by atoms with Crippen molar-refractivity contribution in [3.8, 4) is 0 Å². The normalized spacial score (nSPS) is 48.9. The van der Waals surface area contributed by atoms with E-state index in [4.69, 9.17) is 14.2 Å². The fraction of sp³-hybridized carbons (Fsp3) is 0.864. The van der Waals surface area contributed by atoms with Crippen molar-refractivity contribution in [2.45, 2.75) is 83.3 Å². The number of aliphatic hydroxyl groups is 3. The van der Waals surface area contributed by atoms with E-state index in [0.717, 1.165) is 6.42 Å². The van der Waals surface area contributed by atoms with Crippen LogP contribution in [0.3, 0.4) is 0 Å². The Kier molecular flexibility index (Phi) is 6.42. The largest absolute Gasteiger partial charge is 0.478 e. The molecule has 4 N–H and O–H groups in total. The van der Waals surface area contributed by atoms with Crippen molar-refractivity contribution in [2.24, 2.45) is 22.7 Å². The third-order valence-electron chi connectivity index (χ3n) is 8.48. The highest BCUT2D eigenvalue weighted by molar-refractivity contribution is 5.88. The van der Waals surface area contributed by atoms with Gasteiger partial charge in [-0.1, -0.05) is 26.8 Å². The Bertz CT molecular complexity index is 691. The van der Waals surface area contributed by atoms with Crippen molar-refractivity contribution in [2.75, 3.05) is 14.2 Å². The molecule has 8 nitrogen and oxygen atoms in total. The number of methoxy groups -OCH3 is 2. The van der Waals surface area contributed by atoms with Crippen molar-refractivity contribution in [1.29, 1.82) is 0 Å². The Balaban J connectivity index is 1.91. The molecule has 2 fully saturated rings. The lowest BCUT2D eigenvalue weighted by atomic mass is 9.45. The maximum Gasteiger partial charge on any atom is 0.331 e. The first-order chi connectivity index (χ1) is 14.0. The minimum atomic E-state index is -1.65. The van der Waals surface area contributed by atoms with Gasteiger partial charge in [-0.3, -0.25) is 0 Å². The molecule has 172 valence electrons. The third-order valence-corrected chi connectivity index (χ3v) is 8.48. The molecule has 2 aliphatic carbocycles. The van der Waals surface area contributed by atoms with Crippen molar-refractivity contribution < 1.29 is 39.4 Å². The molecular weight excluding hydrogens is 392 g/mol. The van der Waals surface area contributed by atoms with E-state index < -0.39 is 41.8 Å². The van der Waals surface area contributed by atoms with Crippen LogP contribution in [0.15, 0.2) is 11.6 Å². The lowest BCUT2D eigenvalue weighted by Gasteiger charge is -2.59. The molecule has 0 spiro atoms. The first-order valence-corrected chi connectivity index (χ1v) is 10.7. The van der Waals surface area contributed by atoms with Gasteiger partial charge in [0, 0.05) is 25.2 Å². The fourth-order valence-electron chi connectivity index (χ4n) is 6.33. The number of hydrogen-bond acceptors (Lipinski definition) is 7. The first-order valence-electron chi connectivity index (χ1n) is 10.7. The van der Waals surface area contributed by atoms with E-state index in [0.29, 0.717) is 19.3 Å². The molecular formula is C22H36O8. The Labute approximate surface area is 177 Å². The molecule has 2 unspecified atom stereocenters. The number of aliphatic hydroxyl groups excluding tert-OH is 2. The van der Waals surface area contributed by atoms with Crippen LogP contribution < -0.4 is 0 Å². The molecule has 0 amide bonds. The summed E-state index contributed by atoms with van der Waals surface area (Å²) in [5.74, 6) is -0.970. The van der Waals surface area contributed by atoms with E-state index in [1.54, 1.807) is 6.08 Å². The molecule has 0 aromatic carbocycles. The zero-order valence-electron chi connectivity index (χ0n) is 18.5. The number of aliphatic carboxylic acids is 1. The van der Waals surface area contributed by atoms with Gasteiger partial charge in [-0.2, -0.15) is 0 Å². The number of allylic oxidation sites excluding steroid dienone is 1. The summed E-state index contributed by atoms with van der Waals surface area (Å²) < 4.78 is 15.9. The minimum absolute atomic E-state index is 0.0814. The predicted octanol–water partition coefficient (Wildman–Crippen LogP) is 1.67. The number of carbonyl (C=O) groups is 1. The maximum absolute atomic E-state index is 12.0. The van der Waals surface area contributed by atoms with E-state index in [2.05, 4.69) is 13.8 Å². The monoisotopic (exact) mass is 428 g/mol. The van der Waals surface area contributed by atoms with Crippen molar-refractivity contribution >= 4 is 5.97 Å². The molecule has 3 aliphatic rings. The maximum atomic E-state index is 12.0. The SMILES string of the molecule is CO[C@@H]1O[C@H](OC)C(O)(CC[C@]2(C)C3CCC=C(C(=O)O)[C@]3(C)[C@@H](O)C[C@H]2C)[C@@H]1O. The number of ether oxygens (including phenoxy) is 3. The summed E-state index contributed by atoms with van der Waals surface area (Å²) >= 11 is 0. The molecule has 0 bridgehead atoms. The summed E-state index contributed by atoms with van der Waals surface area (Å²) in [6.07, 6.45) is 0.288. The molecule has 0 radical (unpaired) electrons. The van der Waals surface area contributed by atoms with Crippen LogP contribution in [-0.4, -0.2) is 71.0 Å². The van der Waals surface area contributed by atoms with Crippen molar-refractivity contribution in [3.63, 3.8) is 0 Å². The summed E-state index contributed by atoms with van der Waals surface area (Å²) in [5.41, 5.74) is -2.59. The fourth-order valence-corrected chi connectivity index (χ4v) is 6.33. The van der Waals surface area contributed by atoms with E-state index in [1.165, 1.54) is 14.2 Å². The van der Waals surface area contributed by atoms with Gasteiger partial charge in [0.25, 0.3) is 0 Å². The van der Waals surface area contributed by atoms with E-state index >= 15 is 0 Å². The van der Waals surface area contributed by atoms with Crippen LogP contribution >= 0.6 is 0 Å². The quantitative estimate of drug-likeness (QED) is 0.503. The van der Waals surface area contributed by atoms with Crippen LogP contribution in [0.2, 0.25) is 0 Å². The number of hydrogen-bond donors (Lipinski definition) is 4. The van der Waals surface area contributed by atoms with Gasteiger partial charge in [0.15, 0.2) is 12.6 Å². The van der Waals surface area contributed by atoms with Crippen molar-refractivity contribution in [1.82, 2.24) is 0 Å². The van der Waals surface area contributed by atoms with Crippen LogP contribution in [0.25, 0.3) is 0 Å². The van der Waals surface area contributed by atoms with Crippen molar-refractivity contribution in [3.05, 3.63) is 11.6 Å². The van der Waals surface area contributed by atoms with Gasteiger partial charge in [0.2, 0.25) is 0 Å². The lowest BCUT2D eigenvalue weighted by Crippen LogP contribution is -2.58. The smallest absolute Gasteiger partial charge is 0.331 e. The Morgan fingerprint density at radius 1 is 1.23 bits per heavy atom. The summed E-state index contributed by atoms with van der Waals surface area (Å²) in [4.78, 5) is 12.0. The van der Waals surface area contributed by atoms with Crippen LogP contribution in [0.1, 0.15) is 52.9 Å². The van der Waals surface area contributed by atoms with Gasteiger partial charge in [0.05, 0.1) is 6.10 Å². The van der Waals surface area contributed by atoms with E-state index in [1.807, 2.05) is 6.92 Å². The third kappa shape index (κ3) is 3.32.